The first-order valence-electron chi connectivity index (χ1n) is 5.23. The van der Waals surface area contributed by atoms with Gasteiger partial charge in [-0.2, -0.15) is 0 Å². The van der Waals surface area contributed by atoms with Crippen molar-refractivity contribution in [2.75, 3.05) is 7.11 Å². The standard InChI is InChI=1S/C13H13NO3/c1-8-13(9(2)17-14-8)11-4-10(7-15)5-12(6-11)16-3/h4-7H,1-3H3. The van der Waals surface area contributed by atoms with Crippen molar-refractivity contribution >= 4 is 6.29 Å². The van der Waals surface area contributed by atoms with E-state index >= 15 is 0 Å². The van der Waals surface area contributed by atoms with Crippen LogP contribution in [0.3, 0.4) is 0 Å². The maximum absolute atomic E-state index is 10.9. The molecule has 0 aliphatic rings. The van der Waals surface area contributed by atoms with Crippen molar-refractivity contribution in [3.8, 4) is 16.9 Å². The number of aryl methyl sites for hydroxylation is 2. The van der Waals surface area contributed by atoms with E-state index in [2.05, 4.69) is 5.16 Å². The minimum Gasteiger partial charge on any atom is -0.497 e. The Labute approximate surface area is 99.2 Å². The molecule has 0 aliphatic heterocycles. The van der Waals surface area contributed by atoms with Crippen molar-refractivity contribution in [1.82, 2.24) is 5.16 Å². The minimum absolute atomic E-state index is 0.569. The normalized spacial score (nSPS) is 10.3. The van der Waals surface area contributed by atoms with Gasteiger partial charge in [0.15, 0.2) is 0 Å². The zero-order valence-corrected chi connectivity index (χ0v) is 9.98. The van der Waals surface area contributed by atoms with E-state index in [0.29, 0.717) is 11.3 Å². The lowest BCUT2D eigenvalue weighted by Gasteiger charge is -2.05. The number of hydrogen-bond donors (Lipinski definition) is 0. The molecule has 4 heteroatoms. The van der Waals surface area contributed by atoms with E-state index in [9.17, 15) is 4.79 Å². The van der Waals surface area contributed by atoms with Crippen molar-refractivity contribution in [2.24, 2.45) is 0 Å². The largest absolute Gasteiger partial charge is 0.497 e. The molecule has 17 heavy (non-hydrogen) atoms. The molecule has 4 nitrogen and oxygen atoms in total. The van der Waals surface area contributed by atoms with Crippen molar-refractivity contribution in [3.63, 3.8) is 0 Å². The molecule has 1 heterocycles. The topological polar surface area (TPSA) is 52.3 Å². The van der Waals surface area contributed by atoms with Crippen LogP contribution < -0.4 is 4.74 Å². The summed E-state index contributed by atoms with van der Waals surface area (Å²) in [4.78, 5) is 10.9. The number of ether oxygens (including phenoxy) is 1. The highest BCUT2D eigenvalue weighted by Gasteiger charge is 2.13. The molecule has 0 aliphatic carbocycles. The molecule has 2 rings (SSSR count). The molecular formula is C13H13NO3. The molecule has 88 valence electrons. The molecular weight excluding hydrogens is 218 g/mol. The van der Waals surface area contributed by atoms with Gasteiger partial charge in [-0.1, -0.05) is 5.16 Å². The summed E-state index contributed by atoms with van der Waals surface area (Å²) in [7, 11) is 1.57. The lowest BCUT2D eigenvalue weighted by Crippen LogP contribution is -1.90. The zero-order valence-electron chi connectivity index (χ0n) is 9.98. The fraction of sp³-hybridized carbons (Fsp3) is 0.231. The Hall–Kier alpha value is -2.10. The summed E-state index contributed by atoms with van der Waals surface area (Å²) in [5, 5.41) is 3.90. The van der Waals surface area contributed by atoms with Gasteiger partial charge in [0, 0.05) is 11.1 Å². The van der Waals surface area contributed by atoms with Gasteiger partial charge < -0.3 is 9.26 Å². The van der Waals surface area contributed by atoms with Crippen LogP contribution >= 0.6 is 0 Å². The number of hydrogen-bond acceptors (Lipinski definition) is 4. The Kier molecular flexibility index (Phi) is 2.95. The molecule has 1 aromatic carbocycles. The summed E-state index contributed by atoms with van der Waals surface area (Å²) in [5.74, 6) is 1.37. The highest BCUT2D eigenvalue weighted by molar-refractivity contribution is 5.81. The van der Waals surface area contributed by atoms with E-state index in [0.717, 1.165) is 28.9 Å². The van der Waals surface area contributed by atoms with E-state index < -0.39 is 0 Å². The van der Waals surface area contributed by atoms with Crippen LogP contribution in [0.2, 0.25) is 0 Å². The zero-order chi connectivity index (χ0) is 12.4. The fourth-order valence-corrected chi connectivity index (χ4v) is 1.85. The molecule has 0 fully saturated rings. The highest BCUT2D eigenvalue weighted by atomic mass is 16.5. The van der Waals surface area contributed by atoms with Gasteiger partial charge in [-0.25, -0.2) is 0 Å². The third-order valence-electron chi connectivity index (χ3n) is 2.62. The lowest BCUT2D eigenvalue weighted by atomic mass is 10.0. The molecule has 0 N–H and O–H groups in total. The molecule has 0 saturated heterocycles. The van der Waals surface area contributed by atoms with E-state index in [1.165, 1.54) is 0 Å². The van der Waals surface area contributed by atoms with Gasteiger partial charge in [0.25, 0.3) is 0 Å². The van der Waals surface area contributed by atoms with Crippen LogP contribution in [0.15, 0.2) is 22.7 Å². The highest BCUT2D eigenvalue weighted by Crippen LogP contribution is 2.30. The Morgan fingerprint density at radius 2 is 2.06 bits per heavy atom. The van der Waals surface area contributed by atoms with Crippen molar-refractivity contribution in [2.45, 2.75) is 13.8 Å². The number of aromatic nitrogens is 1. The van der Waals surface area contributed by atoms with Crippen LogP contribution in [0.5, 0.6) is 5.75 Å². The summed E-state index contributed by atoms with van der Waals surface area (Å²) >= 11 is 0. The van der Waals surface area contributed by atoms with E-state index in [-0.39, 0.29) is 0 Å². The van der Waals surface area contributed by atoms with Crippen LogP contribution in [0.1, 0.15) is 21.8 Å². The third kappa shape index (κ3) is 2.06. The number of rotatable bonds is 3. The number of carbonyl (C=O) groups is 1. The van der Waals surface area contributed by atoms with Crippen molar-refractivity contribution in [3.05, 3.63) is 35.2 Å². The summed E-state index contributed by atoms with van der Waals surface area (Å²) in [6.45, 7) is 3.71. The van der Waals surface area contributed by atoms with Crippen LogP contribution in [0, 0.1) is 13.8 Å². The van der Waals surface area contributed by atoms with Gasteiger partial charge in [0.05, 0.1) is 12.8 Å². The Bertz CT molecular complexity index is 538. The van der Waals surface area contributed by atoms with Crippen LogP contribution in [-0.4, -0.2) is 18.6 Å². The Balaban J connectivity index is 2.62. The van der Waals surface area contributed by atoms with Gasteiger partial charge in [0.1, 0.15) is 17.8 Å². The molecule has 0 spiro atoms. The molecule has 0 unspecified atom stereocenters. The maximum Gasteiger partial charge on any atom is 0.150 e. The number of carbonyl (C=O) groups excluding carboxylic acids is 1. The van der Waals surface area contributed by atoms with Crippen LogP contribution in [0.25, 0.3) is 11.1 Å². The first kappa shape index (κ1) is 11.4. The Morgan fingerprint density at radius 3 is 2.59 bits per heavy atom. The summed E-state index contributed by atoms with van der Waals surface area (Å²) < 4.78 is 10.3. The van der Waals surface area contributed by atoms with Crippen molar-refractivity contribution < 1.29 is 14.1 Å². The average molecular weight is 231 g/mol. The average Bonchev–Trinajstić information content (AvgIpc) is 2.68. The van der Waals surface area contributed by atoms with Crippen molar-refractivity contribution in [1.29, 1.82) is 0 Å². The summed E-state index contributed by atoms with van der Waals surface area (Å²) in [6, 6.07) is 5.34. The third-order valence-corrected chi connectivity index (χ3v) is 2.62. The monoisotopic (exact) mass is 231 g/mol. The van der Waals surface area contributed by atoms with Crippen LogP contribution in [-0.2, 0) is 0 Å². The molecule has 0 saturated carbocycles. The van der Waals surface area contributed by atoms with E-state index in [1.807, 2.05) is 19.9 Å². The van der Waals surface area contributed by atoms with Gasteiger partial charge in [-0.3, -0.25) is 4.79 Å². The molecule has 0 amide bonds. The van der Waals surface area contributed by atoms with Crippen LogP contribution in [0.4, 0.5) is 0 Å². The molecule has 0 atom stereocenters. The van der Waals surface area contributed by atoms with E-state index in [1.54, 1.807) is 19.2 Å². The quantitative estimate of drug-likeness (QED) is 0.762. The number of benzene rings is 1. The van der Waals surface area contributed by atoms with Gasteiger partial charge >= 0.3 is 0 Å². The second kappa shape index (κ2) is 4.41. The van der Waals surface area contributed by atoms with Gasteiger partial charge in [-0.05, 0) is 37.6 Å². The molecule has 0 bridgehead atoms. The number of nitrogens with zero attached hydrogens (tertiary/aromatic N) is 1. The van der Waals surface area contributed by atoms with Gasteiger partial charge in [0.2, 0.25) is 0 Å². The molecule has 1 aromatic heterocycles. The first-order chi connectivity index (χ1) is 8.15. The maximum atomic E-state index is 10.9. The smallest absolute Gasteiger partial charge is 0.150 e. The lowest BCUT2D eigenvalue weighted by molar-refractivity contribution is 0.112. The molecule has 2 aromatic rings. The second-order valence-corrected chi connectivity index (χ2v) is 3.81. The second-order valence-electron chi connectivity index (χ2n) is 3.81. The van der Waals surface area contributed by atoms with Gasteiger partial charge in [-0.15, -0.1) is 0 Å². The summed E-state index contributed by atoms with van der Waals surface area (Å²) in [5.41, 5.74) is 3.15. The SMILES string of the molecule is COc1cc(C=O)cc(-c2c(C)noc2C)c1. The predicted octanol–water partition coefficient (Wildman–Crippen LogP) is 2.78. The minimum atomic E-state index is 0.569. The molecule has 0 radical (unpaired) electrons. The van der Waals surface area contributed by atoms with E-state index in [4.69, 9.17) is 9.26 Å². The predicted molar refractivity (Wildman–Crippen MR) is 63.4 cm³/mol. The number of aldehydes is 1. The fourth-order valence-electron chi connectivity index (χ4n) is 1.85. The Morgan fingerprint density at radius 1 is 1.29 bits per heavy atom. The number of methoxy groups -OCH3 is 1. The summed E-state index contributed by atoms with van der Waals surface area (Å²) in [6.07, 6.45) is 0.796. The first-order valence-corrected chi connectivity index (χ1v) is 5.23.